The minimum Gasteiger partial charge on any atom is -0.496 e. The van der Waals surface area contributed by atoms with Gasteiger partial charge in [-0.25, -0.2) is 4.39 Å². The molecule has 0 radical (unpaired) electrons. The number of pyridine rings is 1. The molecule has 1 N–H and O–H groups in total. The van der Waals surface area contributed by atoms with Crippen LogP contribution in [0.25, 0.3) is 11.3 Å². The number of ether oxygens (including phenoxy) is 3. The molecule has 2 heterocycles. The number of allylic oxidation sites excluding steroid dienone is 4. The predicted molar refractivity (Wildman–Crippen MR) is 113 cm³/mol. The second-order valence-electron chi connectivity index (χ2n) is 7.00. The smallest absolute Gasteiger partial charge is 0.259 e. The number of aromatic nitrogens is 1. The number of hydrogen-bond donors (Lipinski definition) is 1. The summed E-state index contributed by atoms with van der Waals surface area (Å²) in [7, 11) is 1.50. The molecular weight excluding hydrogens is 399 g/mol. The van der Waals surface area contributed by atoms with Crippen LogP contribution in [0.4, 0.5) is 4.39 Å². The number of hydrogen-bond acceptors (Lipinski definition) is 5. The van der Waals surface area contributed by atoms with Gasteiger partial charge in [0.05, 0.1) is 18.4 Å². The van der Waals surface area contributed by atoms with Crippen molar-refractivity contribution in [1.29, 1.82) is 0 Å². The molecule has 1 aliphatic carbocycles. The average molecular weight is 420 g/mol. The normalized spacial score (nSPS) is 15.1. The van der Waals surface area contributed by atoms with Crippen molar-refractivity contribution < 1.29 is 23.4 Å². The fourth-order valence-electron chi connectivity index (χ4n) is 3.27. The van der Waals surface area contributed by atoms with Gasteiger partial charge in [0, 0.05) is 18.2 Å². The first-order valence-electron chi connectivity index (χ1n) is 9.81. The number of amides is 1. The topological polar surface area (TPSA) is 69.7 Å². The third-order valence-electron chi connectivity index (χ3n) is 4.82. The van der Waals surface area contributed by atoms with Crippen molar-refractivity contribution in [3.05, 3.63) is 95.9 Å². The fraction of sp³-hybridized carbons (Fsp3) is 0.167. The Morgan fingerprint density at radius 2 is 2.16 bits per heavy atom. The van der Waals surface area contributed by atoms with E-state index in [1.165, 1.54) is 49.6 Å². The molecule has 1 aromatic carbocycles. The number of rotatable bonds is 6. The number of carbonyl (C=O) groups excluding carboxylic acids is 1. The van der Waals surface area contributed by atoms with Gasteiger partial charge in [-0.2, -0.15) is 0 Å². The highest BCUT2D eigenvalue weighted by Crippen LogP contribution is 2.29. The molecule has 0 bridgehead atoms. The van der Waals surface area contributed by atoms with E-state index in [0.29, 0.717) is 34.8 Å². The first-order valence-corrected chi connectivity index (χ1v) is 9.81. The van der Waals surface area contributed by atoms with Gasteiger partial charge in [-0.15, -0.1) is 0 Å². The van der Waals surface area contributed by atoms with Gasteiger partial charge in [0.15, 0.2) is 6.26 Å². The quantitative estimate of drug-likeness (QED) is 0.714. The van der Waals surface area contributed by atoms with E-state index in [2.05, 4.69) is 22.5 Å². The highest BCUT2D eigenvalue weighted by molar-refractivity contribution is 5.95. The third kappa shape index (κ3) is 5.01. The zero-order valence-corrected chi connectivity index (χ0v) is 16.9. The summed E-state index contributed by atoms with van der Waals surface area (Å²) in [5, 5.41) is 2.67. The first kappa shape index (κ1) is 20.4. The Morgan fingerprint density at radius 1 is 1.26 bits per heavy atom. The summed E-state index contributed by atoms with van der Waals surface area (Å²) < 4.78 is 29.9. The second-order valence-corrected chi connectivity index (χ2v) is 7.00. The van der Waals surface area contributed by atoms with Gasteiger partial charge in [0.1, 0.15) is 23.6 Å². The van der Waals surface area contributed by atoms with E-state index in [1.54, 1.807) is 12.1 Å². The van der Waals surface area contributed by atoms with Crippen LogP contribution >= 0.6 is 0 Å². The van der Waals surface area contributed by atoms with Gasteiger partial charge < -0.3 is 14.2 Å². The highest BCUT2D eigenvalue weighted by Gasteiger charge is 2.17. The fourth-order valence-corrected chi connectivity index (χ4v) is 3.27. The second kappa shape index (κ2) is 9.30. The molecule has 0 saturated carbocycles. The monoisotopic (exact) mass is 420 g/mol. The standard InChI is InChI=1S/C24H21FN2O4/c1-29-22-10-8-18(25)12-20(22)21-9-7-17(13-26-21)24(28)27-23-15-30-14-19(31-23)11-16-5-3-2-4-6-16/h2-3,5,7-10,12-15H,4,6,11H2,1H3,(H,27,28). The van der Waals surface area contributed by atoms with Gasteiger partial charge in [-0.05, 0) is 43.2 Å². The summed E-state index contributed by atoms with van der Waals surface area (Å²) in [4.78, 5) is 16.9. The van der Waals surface area contributed by atoms with Crippen molar-refractivity contribution in [3.63, 3.8) is 0 Å². The molecular formula is C24H21FN2O4. The van der Waals surface area contributed by atoms with E-state index in [1.807, 2.05) is 6.08 Å². The van der Waals surface area contributed by atoms with Crippen molar-refractivity contribution in [2.24, 2.45) is 0 Å². The Hall–Kier alpha value is -3.87. The summed E-state index contributed by atoms with van der Waals surface area (Å²) in [6, 6.07) is 7.42. The molecule has 0 spiro atoms. The number of methoxy groups -OCH3 is 1. The summed E-state index contributed by atoms with van der Waals surface area (Å²) in [5.74, 6) is 0.508. The van der Waals surface area contributed by atoms with E-state index in [4.69, 9.17) is 14.2 Å². The average Bonchev–Trinajstić information content (AvgIpc) is 2.80. The maximum absolute atomic E-state index is 13.6. The van der Waals surface area contributed by atoms with E-state index < -0.39 is 11.7 Å². The van der Waals surface area contributed by atoms with Crippen LogP contribution in [0.3, 0.4) is 0 Å². The minimum atomic E-state index is -0.402. The summed E-state index contributed by atoms with van der Waals surface area (Å²) in [5.41, 5.74) is 2.55. The van der Waals surface area contributed by atoms with Gasteiger partial charge in [-0.3, -0.25) is 15.1 Å². The lowest BCUT2D eigenvalue weighted by molar-refractivity contribution is 0.0922. The Bertz CT molecular complexity index is 1100. The molecule has 7 heteroatoms. The van der Waals surface area contributed by atoms with Crippen LogP contribution in [-0.4, -0.2) is 18.0 Å². The van der Waals surface area contributed by atoms with E-state index in [9.17, 15) is 9.18 Å². The van der Waals surface area contributed by atoms with Crippen LogP contribution in [0.5, 0.6) is 5.75 Å². The highest BCUT2D eigenvalue weighted by atomic mass is 19.1. The number of carbonyl (C=O) groups is 1. The minimum absolute atomic E-state index is 0.199. The third-order valence-corrected chi connectivity index (χ3v) is 4.82. The van der Waals surface area contributed by atoms with E-state index in [0.717, 1.165) is 12.8 Å². The SMILES string of the molecule is COc1ccc(F)cc1-c1ccc(C(=O)NC2=COC=C(CC3=CC=CCC3)O2)cn1. The molecule has 0 unspecified atom stereocenters. The summed E-state index contributed by atoms with van der Waals surface area (Å²) in [6.07, 6.45) is 13.1. The lowest BCUT2D eigenvalue weighted by atomic mass is 10.0. The molecule has 0 fully saturated rings. The van der Waals surface area contributed by atoms with Crippen LogP contribution in [0, 0.1) is 5.82 Å². The predicted octanol–water partition coefficient (Wildman–Crippen LogP) is 4.98. The molecule has 2 aliphatic rings. The zero-order chi connectivity index (χ0) is 21.6. The molecule has 4 rings (SSSR count). The van der Waals surface area contributed by atoms with Crippen LogP contribution in [0.15, 0.2) is 84.5 Å². The number of benzene rings is 1. The Morgan fingerprint density at radius 3 is 2.90 bits per heavy atom. The molecule has 1 aliphatic heterocycles. The first-order chi connectivity index (χ1) is 15.1. The molecule has 1 aromatic heterocycles. The van der Waals surface area contributed by atoms with Crippen LogP contribution in [0.2, 0.25) is 0 Å². The Balaban J connectivity index is 1.40. The number of nitrogens with one attached hydrogen (secondary N) is 1. The van der Waals surface area contributed by atoms with Gasteiger partial charge in [0.25, 0.3) is 5.91 Å². The Labute approximate surface area is 179 Å². The van der Waals surface area contributed by atoms with Crippen molar-refractivity contribution in [2.75, 3.05) is 7.11 Å². The van der Waals surface area contributed by atoms with Crippen LogP contribution in [-0.2, 0) is 9.47 Å². The Kier molecular flexibility index (Phi) is 6.12. The molecule has 1 amide bonds. The van der Waals surface area contributed by atoms with Crippen LogP contribution in [0.1, 0.15) is 29.6 Å². The maximum atomic E-state index is 13.6. The van der Waals surface area contributed by atoms with Gasteiger partial charge in [-0.1, -0.05) is 23.8 Å². The number of halogens is 1. The van der Waals surface area contributed by atoms with E-state index >= 15 is 0 Å². The lowest BCUT2D eigenvalue weighted by Crippen LogP contribution is -2.25. The molecule has 2 aromatic rings. The van der Waals surface area contributed by atoms with Gasteiger partial charge >= 0.3 is 0 Å². The summed E-state index contributed by atoms with van der Waals surface area (Å²) in [6.45, 7) is 0. The zero-order valence-electron chi connectivity index (χ0n) is 16.9. The molecule has 0 saturated heterocycles. The molecule has 0 atom stereocenters. The largest absolute Gasteiger partial charge is 0.496 e. The van der Waals surface area contributed by atoms with Crippen molar-refractivity contribution in [1.82, 2.24) is 10.3 Å². The van der Waals surface area contributed by atoms with E-state index in [-0.39, 0.29) is 5.88 Å². The molecule has 31 heavy (non-hydrogen) atoms. The molecule has 6 nitrogen and oxygen atoms in total. The maximum Gasteiger partial charge on any atom is 0.259 e. The van der Waals surface area contributed by atoms with Crippen molar-refractivity contribution >= 4 is 5.91 Å². The van der Waals surface area contributed by atoms with Crippen LogP contribution < -0.4 is 10.1 Å². The number of nitrogens with zero attached hydrogens (tertiary/aromatic N) is 1. The van der Waals surface area contributed by atoms with Crippen molar-refractivity contribution in [2.45, 2.75) is 19.3 Å². The lowest BCUT2D eigenvalue weighted by Gasteiger charge is -2.18. The molecule has 158 valence electrons. The van der Waals surface area contributed by atoms with Gasteiger partial charge in [0.2, 0.25) is 5.88 Å². The summed E-state index contributed by atoms with van der Waals surface area (Å²) >= 11 is 0. The van der Waals surface area contributed by atoms with Crippen molar-refractivity contribution in [3.8, 4) is 17.0 Å².